The molecule has 0 aliphatic carbocycles. The number of β-lactam (4-membered cyclic amide) rings is 1. The number of nitrogens with zero attached hydrogens (tertiary/aromatic N) is 1. The summed E-state index contributed by atoms with van der Waals surface area (Å²) in [5.74, 6) is -0.544. The molecule has 3 rings (SSSR count). The summed E-state index contributed by atoms with van der Waals surface area (Å²) < 4.78 is 10.3. The Kier molecular flexibility index (Phi) is 5.86. The first-order valence-electron chi connectivity index (χ1n) is 8.59. The molecule has 0 aromatic heterocycles. The first-order chi connectivity index (χ1) is 12.9. The summed E-state index contributed by atoms with van der Waals surface area (Å²) in [6.07, 6.45) is -0.551. The van der Waals surface area contributed by atoms with Crippen molar-refractivity contribution in [3.8, 4) is 0 Å². The van der Waals surface area contributed by atoms with Crippen LogP contribution in [0.3, 0.4) is 0 Å². The number of carbonyl (C=O) groups is 3. The van der Waals surface area contributed by atoms with E-state index in [1.165, 1.54) is 30.7 Å². The zero-order chi connectivity index (χ0) is 19.6. The molecule has 0 bridgehead atoms. The molecule has 7 nitrogen and oxygen atoms in total. The van der Waals surface area contributed by atoms with E-state index in [-0.39, 0.29) is 29.5 Å². The molecular formula is C19H22N2O5S. The Morgan fingerprint density at radius 2 is 2.07 bits per heavy atom. The second-order valence-electron chi connectivity index (χ2n) is 6.41. The number of benzene rings is 1. The number of hydrogen-bond acceptors (Lipinski definition) is 6. The smallest absolute Gasteiger partial charge is 0.302 e. The highest BCUT2D eigenvalue weighted by molar-refractivity contribution is 8.00. The maximum absolute atomic E-state index is 12.9. The lowest BCUT2D eigenvalue weighted by Gasteiger charge is -2.49. The number of nitrogens with one attached hydrogen (secondary N) is 1. The number of ether oxygens (including phenoxy) is 2. The summed E-state index contributed by atoms with van der Waals surface area (Å²) in [7, 11) is 1.48. The molecule has 2 heterocycles. The Morgan fingerprint density at radius 1 is 1.33 bits per heavy atom. The van der Waals surface area contributed by atoms with Gasteiger partial charge in [-0.15, -0.1) is 11.8 Å². The Bertz CT molecular complexity index is 807. The number of amides is 2. The lowest BCUT2D eigenvalue weighted by atomic mass is 10.0. The van der Waals surface area contributed by atoms with Gasteiger partial charge >= 0.3 is 5.97 Å². The Balaban J connectivity index is 1.81. The minimum atomic E-state index is -0.551. The molecule has 1 aromatic carbocycles. The van der Waals surface area contributed by atoms with Crippen molar-refractivity contribution in [2.24, 2.45) is 0 Å². The van der Waals surface area contributed by atoms with E-state index in [1.54, 1.807) is 0 Å². The minimum Gasteiger partial charge on any atom is -0.461 e. The standard InChI is InChI=1S/C19H22N2O5S/c1-11-6-4-5-7-13(11)8-20-17(23)15-14(9-26-12(2)22)10-27-19-16(25-3)18(24)21(15)19/h4-7,16,19H,8-10H2,1-3H3,(H,20,23)/t16-,19+/m0/s1. The summed E-state index contributed by atoms with van der Waals surface area (Å²) in [5, 5.41) is 2.65. The molecule has 1 saturated heterocycles. The summed E-state index contributed by atoms with van der Waals surface area (Å²) in [6.45, 7) is 3.63. The van der Waals surface area contributed by atoms with Crippen molar-refractivity contribution in [2.45, 2.75) is 31.9 Å². The molecule has 1 fully saturated rings. The van der Waals surface area contributed by atoms with Crippen molar-refractivity contribution in [2.75, 3.05) is 19.5 Å². The summed E-state index contributed by atoms with van der Waals surface area (Å²) in [6, 6.07) is 7.77. The molecule has 2 amide bonds. The van der Waals surface area contributed by atoms with Crippen molar-refractivity contribution in [1.82, 2.24) is 10.2 Å². The second-order valence-corrected chi connectivity index (χ2v) is 7.51. The van der Waals surface area contributed by atoms with Crippen LogP contribution in [0.4, 0.5) is 0 Å². The molecular weight excluding hydrogens is 368 g/mol. The predicted octanol–water partition coefficient (Wildman–Crippen LogP) is 1.36. The Labute approximate surface area is 162 Å². The fourth-order valence-corrected chi connectivity index (χ4v) is 4.47. The van der Waals surface area contributed by atoms with Crippen LogP contribution in [0.1, 0.15) is 18.1 Å². The van der Waals surface area contributed by atoms with Crippen molar-refractivity contribution >= 4 is 29.5 Å². The summed E-state index contributed by atoms with van der Waals surface area (Å²) in [4.78, 5) is 38.0. The highest BCUT2D eigenvalue weighted by Crippen LogP contribution is 2.41. The Hall–Kier alpha value is -2.32. The molecule has 8 heteroatoms. The van der Waals surface area contributed by atoms with Crippen LogP contribution >= 0.6 is 11.8 Å². The van der Waals surface area contributed by atoms with Crippen LogP contribution in [0, 0.1) is 6.92 Å². The average Bonchev–Trinajstić information content (AvgIpc) is 2.65. The maximum atomic E-state index is 12.9. The predicted molar refractivity (Wildman–Crippen MR) is 101 cm³/mol. The molecule has 0 radical (unpaired) electrons. The van der Waals surface area contributed by atoms with E-state index in [9.17, 15) is 14.4 Å². The number of hydrogen-bond donors (Lipinski definition) is 1. The Morgan fingerprint density at radius 3 is 2.74 bits per heavy atom. The van der Waals surface area contributed by atoms with Crippen LogP contribution < -0.4 is 5.32 Å². The van der Waals surface area contributed by atoms with Crippen molar-refractivity contribution in [3.63, 3.8) is 0 Å². The van der Waals surface area contributed by atoms with Gasteiger partial charge in [-0.25, -0.2) is 0 Å². The first kappa shape index (κ1) is 19.4. The van der Waals surface area contributed by atoms with Gasteiger partial charge in [-0.1, -0.05) is 24.3 Å². The van der Waals surface area contributed by atoms with Crippen LogP contribution in [0.15, 0.2) is 35.5 Å². The van der Waals surface area contributed by atoms with Gasteiger partial charge in [0, 0.05) is 31.9 Å². The molecule has 0 unspecified atom stereocenters. The summed E-state index contributed by atoms with van der Waals surface area (Å²) >= 11 is 1.50. The van der Waals surface area contributed by atoms with E-state index in [4.69, 9.17) is 9.47 Å². The van der Waals surface area contributed by atoms with Gasteiger partial charge in [0.05, 0.1) is 0 Å². The molecule has 2 atom stereocenters. The second kappa shape index (κ2) is 8.14. The normalized spacial score (nSPS) is 21.4. The number of carbonyl (C=O) groups excluding carboxylic acids is 3. The molecule has 27 heavy (non-hydrogen) atoms. The fraction of sp³-hybridized carbons (Fsp3) is 0.421. The van der Waals surface area contributed by atoms with Crippen molar-refractivity contribution in [3.05, 3.63) is 46.7 Å². The third-order valence-corrected chi connectivity index (χ3v) is 5.93. The van der Waals surface area contributed by atoms with E-state index in [2.05, 4.69) is 5.32 Å². The van der Waals surface area contributed by atoms with Crippen molar-refractivity contribution in [1.29, 1.82) is 0 Å². The molecule has 1 aromatic rings. The van der Waals surface area contributed by atoms with Crippen LogP contribution in [-0.2, 0) is 30.4 Å². The van der Waals surface area contributed by atoms with Crippen LogP contribution in [0.5, 0.6) is 0 Å². The van der Waals surface area contributed by atoms with Gasteiger partial charge in [0.25, 0.3) is 11.8 Å². The van der Waals surface area contributed by atoms with E-state index in [0.717, 1.165) is 11.1 Å². The monoisotopic (exact) mass is 390 g/mol. The van der Waals surface area contributed by atoms with Crippen LogP contribution in [0.25, 0.3) is 0 Å². The summed E-state index contributed by atoms with van der Waals surface area (Å²) in [5.41, 5.74) is 2.96. The number of fused-ring (bicyclic) bond motifs is 1. The molecule has 1 N–H and O–H groups in total. The van der Waals surface area contributed by atoms with E-state index < -0.39 is 12.1 Å². The molecule has 2 aliphatic heterocycles. The number of methoxy groups -OCH3 is 1. The zero-order valence-corrected chi connectivity index (χ0v) is 16.3. The average molecular weight is 390 g/mol. The molecule has 2 aliphatic rings. The maximum Gasteiger partial charge on any atom is 0.302 e. The van der Waals surface area contributed by atoms with E-state index >= 15 is 0 Å². The molecule has 144 valence electrons. The highest BCUT2D eigenvalue weighted by atomic mass is 32.2. The van der Waals surface area contributed by atoms with Gasteiger partial charge in [-0.3, -0.25) is 19.3 Å². The largest absolute Gasteiger partial charge is 0.461 e. The number of thioether (sulfide) groups is 1. The zero-order valence-electron chi connectivity index (χ0n) is 15.5. The first-order valence-corrected chi connectivity index (χ1v) is 9.64. The van der Waals surface area contributed by atoms with Crippen molar-refractivity contribution < 1.29 is 23.9 Å². The van der Waals surface area contributed by atoms with Crippen LogP contribution in [-0.4, -0.2) is 53.6 Å². The van der Waals surface area contributed by atoms with E-state index in [0.29, 0.717) is 17.9 Å². The lowest BCUT2D eigenvalue weighted by molar-refractivity contribution is -0.160. The van der Waals surface area contributed by atoms with Gasteiger partial charge in [-0.2, -0.15) is 0 Å². The van der Waals surface area contributed by atoms with Gasteiger partial charge in [0.1, 0.15) is 17.7 Å². The third kappa shape index (κ3) is 3.86. The number of aryl methyl sites for hydroxylation is 1. The molecule has 0 spiro atoms. The third-order valence-electron chi connectivity index (χ3n) is 4.62. The van der Waals surface area contributed by atoms with Crippen LogP contribution in [0.2, 0.25) is 0 Å². The number of esters is 1. The highest BCUT2D eigenvalue weighted by Gasteiger charge is 2.53. The fourth-order valence-electron chi connectivity index (χ4n) is 3.12. The van der Waals surface area contributed by atoms with E-state index in [1.807, 2.05) is 31.2 Å². The van der Waals surface area contributed by atoms with Gasteiger partial charge < -0.3 is 14.8 Å². The minimum absolute atomic E-state index is 0.0103. The quantitative estimate of drug-likeness (QED) is 0.583. The topological polar surface area (TPSA) is 84.9 Å². The lowest BCUT2D eigenvalue weighted by Crippen LogP contribution is -2.66. The van der Waals surface area contributed by atoms with Gasteiger partial charge in [-0.05, 0) is 18.1 Å². The van der Waals surface area contributed by atoms with Gasteiger partial charge in [0.15, 0.2) is 6.10 Å². The number of rotatable bonds is 6. The molecule has 0 saturated carbocycles. The van der Waals surface area contributed by atoms with Gasteiger partial charge in [0.2, 0.25) is 0 Å². The SMILES string of the molecule is CO[C@H]1C(=O)N2C(C(=O)NCc3ccccc3C)=C(COC(C)=O)CS[C@H]12.